The molecule has 0 amide bonds. The summed E-state index contributed by atoms with van der Waals surface area (Å²) < 4.78 is 16.9. The molecule has 6 heteroatoms. The summed E-state index contributed by atoms with van der Waals surface area (Å²) in [7, 11) is 0. The maximum atomic E-state index is 12.9. The van der Waals surface area contributed by atoms with Crippen LogP contribution < -0.4 is 0 Å². The number of ether oxygens (including phenoxy) is 3. The quantitative estimate of drug-likeness (QED) is 0.0261. The highest BCUT2D eigenvalue weighted by Gasteiger charge is 2.19. The van der Waals surface area contributed by atoms with E-state index < -0.39 is 6.10 Å². The molecule has 0 aliphatic heterocycles. The van der Waals surface area contributed by atoms with Gasteiger partial charge in [-0.3, -0.25) is 14.4 Å². The minimum atomic E-state index is -0.796. The van der Waals surface area contributed by atoms with E-state index in [0.717, 1.165) is 89.9 Å². The number of unbranched alkanes of at least 4 members (excludes halogenated alkanes) is 39. The van der Waals surface area contributed by atoms with Crippen molar-refractivity contribution in [2.45, 2.75) is 354 Å². The fourth-order valence-electron chi connectivity index (χ4n) is 9.92. The van der Waals surface area contributed by atoms with Gasteiger partial charge < -0.3 is 14.2 Å². The average Bonchev–Trinajstić information content (AvgIpc) is 3.44. The third-order valence-corrected chi connectivity index (χ3v) is 15.0. The molecule has 0 spiro atoms. The SMILES string of the molecule is CC/C=C\C/C=C\C/C=C\C/C=C\C/C=C\C/C=C\CCCCC(=O)OC(COC(=O)CCCCCCCCCCC)COC(=O)CCCCCCCCCCCCCCCCCCCCCCCCCCCCCCCC. The Morgan fingerprint density at radius 1 is 0.269 bits per heavy atom. The van der Waals surface area contributed by atoms with Gasteiger partial charge in [-0.05, 0) is 70.6 Å². The Balaban J connectivity index is 4.16. The second kappa shape index (κ2) is 66.4. The first-order valence-electron chi connectivity index (χ1n) is 33.9. The van der Waals surface area contributed by atoms with Crippen molar-refractivity contribution in [3.05, 3.63) is 72.9 Å². The molecule has 0 saturated heterocycles. The van der Waals surface area contributed by atoms with Crippen molar-refractivity contribution < 1.29 is 28.6 Å². The summed E-state index contributed by atoms with van der Waals surface area (Å²) in [5.74, 6) is -0.920. The number of rotatable bonds is 62. The van der Waals surface area contributed by atoms with Crippen molar-refractivity contribution in [1.29, 1.82) is 0 Å². The number of allylic oxidation sites excluding steroid dienone is 12. The normalized spacial score (nSPS) is 12.5. The first-order chi connectivity index (χ1) is 38.5. The predicted octanol–water partition coefficient (Wildman–Crippen LogP) is 23.3. The summed E-state index contributed by atoms with van der Waals surface area (Å²) in [4.78, 5) is 38.2. The monoisotopic (exact) mass is 1090 g/mol. The maximum Gasteiger partial charge on any atom is 0.306 e. The van der Waals surface area contributed by atoms with E-state index in [0.29, 0.717) is 19.3 Å². The summed E-state index contributed by atoms with van der Waals surface area (Å²) in [5, 5.41) is 0. The molecule has 452 valence electrons. The van der Waals surface area contributed by atoms with Gasteiger partial charge >= 0.3 is 17.9 Å². The Morgan fingerprint density at radius 3 is 0.782 bits per heavy atom. The van der Waals surface area contributed by atoms with Gasteiger partial charge in [0.2, 0.25) is 0 Å². The minimum absolute atomic E-state index is 0.0893. The van der Waals surface area contributed by atoms with E-state index in [1.54, 1.807) is 0 Å². The Hall–Kier alpha value is -3.15. The molecule has 0 aliphatic carbocycles. The van der Waals surface area contributed by atoms with Crippen LogP contribution in [0.5, 0.6) is 0 Å². The first-order valence-corrected chi connectivity index (χ1v) is 33.9. The van der Waals surface area contributed by atoms with Gasteiger partial charge in [-0.25, -0.2) is 0 Å². The van der Waals surface area contributed by atoms with Gasteiger partial charge in [-0.1, -0.05) is 331 Å². The van der Waals surface area contributed by atoms with E-state index in [2.05, 4.69) is 93.7 Å². The van der Waals surface area contributed by atoms with E-state index in [1.165, 1.54) is 212 Å². The van der Waals surface area contributed by atoms with Crippen LogP contribution in [0, 0.1) is 0 Å². The molecule has 78 heavy (non-hydrogen) atoms. The van der Waals surface area contributed by atoms with Crippen molar-refractivity contribution >= 4 is 17.9 Å². The predicted molar refractivity (Wildman–Crippen MR) is 339 cm³/mol. The van der Waals surface area contributed by atoms with Crippen LogP contribution in [-0.4, -0.2) is 37.2 Å². The lowest BCUT2D eigenvalue weighted by Crippen LogP contribution is -2.30. The van der Waals surface area contributed by atoms with Gasteiger partial charge in [0.25, 0.3) is 0 Å². The van der Waals surface area contributed by atoms with Gasteiger partial charge in [0, 0.05) is 19.3 Å². The second-order valence-electron chi connectivity index (χ2n) is 22.7. The van der Waals surface area contributed by atoms with E-state index in [4.69, 9.17) is 14.2 Å². The molecule has 0 rings (SSSR count). The number of carbonyl (C=O) groups is 3. The molecule has 1 atom stereocenters. The molecule has 0 aromatic carbocycles. The molecule has 0 aromatic rings. The van der Waals surface area contributed by atoms with E-state index in [9.17, 15) is 14.4 Å². The van der Waals surface area contributed by atoms with Gasteiger partial charge in [0.05, 0.1) is 0 Å². The van der Waals surface area contributed by atoms with Crippen LogP contribution in [-0.2, 0) is 28.6 Å². The Bertz CT molecular complexity index is 1440. The zero-order chi connectivity index (χ0) is 56.4. The van der Waals surface area contributed by atoms with E-state index in [1.807, 2.05) is 0 Å². The van der Waals surface area contributed by atoms with Crippen LogP contribution in [0.1, 0.15) is 348 Å². The van der Waals surface area contributed by atoms with Crippen molar-refractivity contribution in [2.75, 3.05) is 13.2 Å². The standard InChI is InChI=1S/C72H128O6/c1-4-7-10-13-16-19-21-23-25-27-29-31-32-33-34-35-36-37-38-39-41-42-44-46-48-50-53-56-59-62-65-71(74)77-68-69(67-76-70(73)64-61-58-55-52-18-15-12-9-6-3)78-72(75)66-63-60-57-54-51-49-47-45-43-40-30-28-26-24-22-20-17-14-11-8-5-2/h8,11,17,20,24,26,30,40,45,47,51,54,69H,4-7,9-10,12-16,18-19,21-23,25,27-29,31-39,41-44,46,48-50,52-53,55-68H2,1-3H3/b11-8-,20-17-,26-24-,40-30-,47-45-,54-51-. The van der Waals surface area contributed by atoms with Crippen LogP contribution in [0.25, 0.3) is 0 Å². The van der Waals surface area contributed by atoms with Crippen LogP contribution in [0.3, 0.4) is 0 Å². The zero-order valence-electron chi connectivity index (χ0n) is 51.9. The van der Waals surface area contributed by atoms with Crippen molar-refractivity contribution in [1.82, 2.24) is 0 Å². The average molecular weight is 1090 g/mol. The lowest BCUT2D eigenvalue weighted by Gasteiger charge is -2.18. The van der Waals surface area contributed by atoms with Crippen molar-refractivity contribution in [3.63, 3.8) is 0 Å². The van der Waals surface area contributed by atoms with Gasteiger partial charge in [-0.15, -0.1) is 0 Å². The van der Waals surface area contributed by atoms with E-state index in [-0.39, 0.29) is 37.5 Å². The van der Waals surface area contributed by atoms with Gasteiger partial charge in [-0.2, -0.15) is 0 Å². The molecule has 0 bridgehead atoms. The third-order valence-electron chi connectivity index (χ3n) is 15.0. The first kappa shape index (κ1) is 74.8. The minimum Gasteiger partial charge on any atom is -0.462 e. The maximum absolute atomic E-state index is 12.9. The highest BCUT2D eigenvalue weighted by atomic mass is 16.6. The number of carbonyl (C=O) groups excluding carboxylic acids is 3. The Morgan fingerprint density at radius 2 is 0.500 bits per heavy atom. The molecule has 0 heterocycles. The molecule has 0 saturated carbocycles. The zero-order valence-corrected chi connectivity index (χ0v) is 51.9. The summed E-state index contributed by atoms with van der Waals surface area (Å²) in [6.45, 7) is 6.52. The molecule has 0 aliphatic rings. The molecule has 1 unspecified atom stereocenters. The lowest BCUT2D eigenvalue weighted by molar-refractivity contribution is -0.167. The molecule has 0 radical (unpaired) electrons. The summed E-state index contributed by atoms with van der Waals surface area (Å²) in [5.41, 5.74) is 0. The molecular weight excluding hydrogens is 961 g/mol. The van der Waals surface area contributed by atoms with Crippen LogP contribution in [0.2, 0.25) is 0 Å². The molecule has 0 aromatic heterocycles. The van der Waals surface area contributed by atoms with Gasteiger partial charge in [0.1, 0.15) is 13.2 Å². The molecule has 6 nitrogen and oxygen atoms in total. The summed E-state index contributed by atoms with van der Waals surface area (Å²) in [6, 6.07) is 0. The highest BCUT2D eigenvalue weighted by Crippen LogP contribution is 2.18. The number of hydrogen-bond donors (Lipinski definition) is 0. The highest BCUT2D eigenvalue weighted by molar-refractivity contribution is 5.71. The van der Waals surface area contributed by atoms with Crippen molar-refractivity contribution in [2.24, 2.45) is 0 Å². The Labute approximate surface area is 484 Å². The molecular formula is C72H128O6. The van der Waals surface area contributed by atoms with Gasteiger partial charge in [0.15, 0.2) is 6.10 Å². The summed E-state index contributed by atoms with van der Waals surface area (Å²) >= 11 is 0. The molecule has 0 fully saturated rings. The summed E-state index contributed by atoms with van der Waals surface area (Å²) in [6.07, 6.45) is 86.7. The Kier molecular flexibility index (Phi) is 63.7. The number of hydrogen-bond acceptors (Lipinski definition) is 6. The van der Waals surface area contributed by atoms with Crippen LogP contribution >= 0.6 is 0 Å². The van der Waals surface area contributed by atoms with E-state index >= 15 is 0 Å². The number of esters is 3. The fourth-order valence-corrected chi connectivity index (χ4v) is 9.92. The van der Waals surface area contributed by atoms with Crippen molar-refractivity contribution in [3.8, 4) is 0 Å². The smallest absolute Gasteiger partial charge is 0.306 e. The lowest BCUT2D eigenvalue weighted by atomic mass is 10.0. The molecule has 0 N–H and O–H groups in total. The van der Waals surface area contributed by atoms with Crippen LogP contribution in [0.15, 0.2) is 72.9 Å². The fraction of sp³-hybridized carbons (Fsp3) is 0.792. The topological polar surface area (TPSA) is 78.9 Å². The van der Waals surface area contributed by atoms with Crippen LogP contribution in [0.4, 0.5) is 0 Å². The second-order valence-corrected chi connectivity index (χ2v) is 22.7. The largest absolute Gasteiger partial charge is 0.462 e. The third kappa shape index (κ3) is 63.7.